The van der Waals surface area contributed by atoms with E-state index < -0.39 is 60.3 Å². The van der Waals surface area contributed by atoms with E-state index in [1.54, 1.807) is 0 Å². The van der Waals surface area contributed by atoms with Gasteiger partial charge in [-0.05, 0) is 25.0 Å². The first-order chi connectivity index (χ1) is 12.9. The molecule has 2 atom stereocenters. The van der Waals surface area contributed by atoms with Gasteiger partial charge in [-0.1, -0.05) is 12.2 Å². The number of carbonyl (C=O) groups is 4. The highest BCUT2D eigenvalue weighted by atomic mass is 19.2. The zero-order valence-corrected chi connectivity index (χ0v) is 14.1. The molecule has 27 heavy (non-hydrogen) atoms. The smallest absolute Gasteiger partial charge is 0.326 e. The maximum atomic E-state index is 13.1. The Kier molecular flexibility index (Phi) is 5.29. The summed E-state index contributed by atoms with van der Waals surface area (Å²) in [5.74, 6) is -5.62. The Balaban J connectivity index is 1.49. The van der Waals surface area contributed by atoms with Crippen LogP contribution in [0.15, 0.2) is 30.4 Å². The molecular formula is C18H16F2N2O5. The highest BCUT2D eigenvalue weighted by Gasteiger charge is 2.47. The van der Waals surface area contributed by atoms with Gasteiger partial charge in [0, 0.05) is 11.8 Å². The minimum atomic E-state index is -1.13. The van der Waals surface area contributed by atoms with Crippen LogP contribution in [0.25, 0.3) is 0 Å². The molecule has 1 heterocycles. The van der Waals surface area contributed by atoms with Crippen molar-refractivity contribution in [3.63, 3.8) is 0 Å². The van der Waals surface area contributed by atoms with Crippen molar-refractivity contribution in [2.24, 2.45) is 11.8 Å². The van der Waals surface area contributed by atoms with Gasteiger partial charge in [0.15, 0.2) is 18.2 Å². The van der Waals surface area contributed by atoms with Gasteiger partial charge in [0.05, 0.1) is 11.8 Å². The molecule has 0 aromatic heterocycles. The number of anilines is 1. The second-order valence-corrected chi connectivity index (χ2v) is 6.26. The molecule has 7 nitrogen and oxygen atoms in total. The van der Waals surface area contributed by atoms with Gasteiger partial charge >= 0.3 is 5.97 Å². The molecule has 0 saturated carbocycles. The number of nitrogens with one attached hydrogen (secondary N) is 1. The van der Waals surface area contributed by atoms with Crippen LogP contribution in [0.4, 0.5) is 14.5 Å². The Morgan fingerprint density at radius 3 is 2.30 bits per heavy atom. The normalized spacial score (nSPS) is 21.2. The molecule has 3 rings (SSSR count). The number of esters is 1. The first kappa shape index (κ1) is 18.7. The van der Waals surface area contributed by atoms with E-state index in [2.05, 4.69) is 5.32 Å². The molecule has 1 fully saturated rings. The van der Waals surface area contributed by atoms with E-state index in [1.165, 1.54) is 0 Å². The molecule has 1 N–H and O–H groups in total. The van der Waals surface area contributed by atoms with E-state index in [1.807, 2.05) is 12.2 Å². The topological polar surface area (TPSA) is 92.8 Å². The molecule has 0 spiro atoms. The lowest BCUT2D eigenvalue weighted by molar-refractivity contribution is -0.154. The number of allylic oxidation sites excluding steroid dienone is 2. The summed E-state index contributed by atoms with van der Waals surface area (Å²) in [4.78, 5) is 48.9. The van der Waals surface area contributed by atoms with Crippen LogP contribution in [0.1, 0.15) is 12.8 Å². The first-order valence-electron chi connectivity index (χ1n) is 8.27. The maximum absolute atomic E-state index is 13.1. The second kappa shape index (κ2) is 7.65. The Bertz CT molecular complexity index is 813. The highest BCUT2D eigenvalue weighted by molar-refractivity contribution is 6.07. The molecule has 1 aromatic rings. The third-order valence-corrected chi connectivity index (χ3v) is 4.45. The molecule has 2 aliphatic rings. The fourth-order valence-electron chi connectivity index (χ4n) is 3.12. The number of nitrogens with zero attached hydrogens (tertiary/aromatic N) is 1. The Hall–Kier alpha value is -3.10. The van der Waals surface area contributed by atoms with E-state index in [9.17, 15) is 28.0 Å². The van der Waals surface area contributed by atoms with Crippen molar-refractivity contribution in [3.8, 4) is 0 Å². The number of amides is 3. The average Bonchev–Trinajstić information content (AvgIpc) is 2.88. The van der Waals surface area contributed by atoms with Gasteiger partial charge in [0.25, 0.3) is 5.91 Å². The Morgan fingerprint density at radius 1 is 1.07 bits per heavy atom. The lowest BCUT2D eigenvalue weighted by Gasteiger charge is -2.14. The van der Waals surface area contributed by atoms with Crippen molar-refractivity contribution in [2.45, 2.75) is 12.8 Å². The third-order valence-electron chi connectivity index (χ3n) is 4.45. The van der Waals surface area contributed by atoms with Gasteiger partial charge < -0.3 is 10.1 Å². The van der Waals surface area contributed by atoms with Crippen molar-refractivity contribution in [1.29, 1.82) is 0 Å². The lowest BCUT2D eigenvalue weighted by atomic mass is 9.85. The van der Waals surface area contributed by atoms with Crippen molar-refractivity contribution in [3.05, 3.63) is 42.0 Å². The van der Waals surface area contributed by atoms with Crippen molar-refractivity contribution >= 4 is 29.4 Å². The molecule has 0 unspecified atom stereocenters. The minimum absolute atomic E-state index is 0.00331. The largest absolute Gasteiger partial charge is 0.454 e. The van der Waals surface area contributed by atoms with Gasteiger partial charge in [-0.25, -0.2) is 8.78 Å². The number of hydrogen-bond acceptors (Lipinski definition) is 5. The molecule has 0 radical (unpaired) electrons. The minimum Gasteiger partial charge on any atom is -0.454 e. The fraction of sp³-hybridized carbons (Fsp3) is 0.333. The summed E-state index contributed by atoms with van der Waals surface area (Å²) in [6.07, 6.45) is 4.57. The van der Waals surface area contributed by atoms with E-state index >= 15 is 0 Å². The van der Waals surface area contributed by atoms with Crippen LogP contribution in [-0.2, 0) is 23.9 Å². The summed E-state index contributed by atoms with van der Waals surface area (Å²) >= 11 is 0. The number of rotatable bonds is 5. The zero-order valence-electron chi connectivity index (χ0n) is 14.1. The third kappa shape index (κ3) is 4.02. The summed E-state index contributed by atoms with van der Waals surface area (Å²) in [6.45, 7) is -1.26. The lowest BCUT2D eigenvalue weighted by Crippen LogP contribution is -2.37. The van der Waals surface area contributed by atoms with Crippen LogP contribution >= 0.6 is 0 Å². The number of imide groups is 1. The Labute approximate surface area is 153 Å². The summed E-state index contributed by atoms with van der Waals surface area (Å²) in [7, 11) is 0. The average molecular weight is 378 g/mol. The number of carbonyl (C=O) groups excluding carboxylic acids is 4. The van der Waals surface area contributed by atoms with Crippen LogP contribution in [0.5, 0.6) is 0 Å². The molecule has 1 aromatic carbocycles. The van der Waals surface area contributed by atoms with E-state index in [0.717, 1.165) is 23.1 Å². The number of hydrogen-bond donors (Lipinski definition) is 1. The first-order valence-corrected chi connectivity index (χ1v) is 8.27. The van der Waals surface area contributed by atoms with Gasteiger partial charge in [-0.2, -0.15) is 0 Å². The van der Waals surface area contributed by atoms with Crippen molar-refractivity contribution in [2.75, 3.05) is 18.5 Å². The SMILES string of the molecule is O=C(COC(=O)CN1C(=O)[C@H]2CC=CC[C@H]2C1=O)Nc1ccc(F)c(F)c1. The van der Waals surface area contributed by atoms with Crippen molar-refractivity contribution in [1.82, 2.24) is 4.90 Å². The van der Waals surface area contributed by atoms with Gasteiger partial charge in [-0.3, -0.25) is 24.1 Å². The number of ether oxygens (including phenoxy) is 1. The molecule has 3 amide bonds. The summed E-state index contributed by atoms with van der Waals surface area (Å²) in [5, 5.41) is 2.24. The van der Waals surface area contributed by atoms with Crippen LogP contribution in [0.3, 0.4) is 0 Å². The summed E-state index contributed by atoms with van der Waals surface area (Å²) in [6, 6.07) is 2.78. The van der Waals surface area contributed by atoms with Gasteiger partial charge in [0.2, 0.25) is 11.8 Å². The molecule has 1 saturated heterocycles. The maximum Gasteiger partial charge on any atom is 0.326 e. The predicted octanol–water partition coefficient (Wildman–Crippen LogP) is 1.40. The number of fused-ring (bicyclic) bond motifs is 1. The summed E-state index contributed by atoms with van der Waals surface area (Å²) in [5.41, 5.74) is -0.00331. The van der Waals surface area contributed by atoms with E-state index in [-0.39, 0.29) is 5.69 Å². The number of likely N-dealkylation sites (tertiary alicyclic amines) is 1. The molecule has 142 valence electrons. The number of benzene rings is 1. The monoisotopic (exact) mass is 378 g/mol. The second-order valence-electron chi connectivity index (χ2n) is 6.26. The highest BCUT2D eigenvalue weighted by Crippen LogP contribution is 2.34. The molecule has 1 aliphatic heterocycles. The van der Waals surface area contributed by atoms with Crippen LogP contribution < -0.4 is 5.32 Å². The van der Waals surface area contributed by atoms with Crippen LogP contribution in [-0.4, -0.2) is 41.7 Å². The van der Waals surface area contributed by atoms with E-state index in [0.29, 0.717) is 12.8 Å². The van der Waals surface area contributed by atoms with Crippen molar-refractivity contribution < 1.29 is 32.7 Å². The molecule has 0 bridgehead atoms. The predicted molar refractivity (Wildman–Crippen MR) is 88.0 cm³/mol. The van der Waals surface area contributed by atoms with Crippen LogP contribution in [0, 0.1) is 23.5 Å². The quantitative estimate of drug-likeness (QED) is 0.475. The summed E-state index contributed by atoms with van der Waals surface area (Å²) < 4.78 is 30.7. The number of halogens is 2. The molecule has 1 aliphatic carbocycles. The Morgan fingerprint density at radius 2 is 1.70 bits per heavy atom. The molecular weight excluding hydrogens is 362 g/mol. The molecule has 9 heteroatoms. The van der Waals surface area contributed by atoms with Gasteiger partial charge in [0.1, 0.15) is 6.54 Å². The van der Waals surface area contributed by atoms with E-state index in [4.69, 9.17) is 4.74 Å². The van der Waals surface area contributed by atoms with Crippen LogP contribution in [0.2, 0.25) is 0 Å². The standard InChI is InChI=1S/C18H16F2N2O5/c19-13-6-5-10(7-14(13)20)21-15(23)9-27-16(24)8-22-17(25)11-3-1-2-4-12(11)18(22)26/h1-2,5-7,11-12H,3-4,8-9H2,(H,21,23)/t11-,12+. The van der Waals surface area contributed by atoms with Gasteiger partial charge in [-0.15, -0.1) is 0 Å². The fourth-order valence-corrected chi connectivity index (χ4v) is 3.12. The zero-order chi connectivity index (χ0) is 19.6.